The summed E-state index contributed by atoms with van der Waals surface area (Å²) in [5.74, 6) is -0.850. The van der Waals surface area contributed by atoms with Crippen LogP contribution in [-0.2, 0) is 4.79 Å². The fraction of sp³-hybridized carbons (Fsp3) is 0.500. The zero-order chi connectivity index (χ0) is 15.8. The Morgan fingerprint density at radius 2 is 1.86 bits per heavy atom. The Bertz CT molecular complexity index is 468. The predicted octanol–water partition coefficient (Wildman–Crippen LogP) is 1.37. The first kappa shape index (κ1) is 17.0. The zero-order valence-electron chi connectivity index (χ0n) is 12.7. The third kappa shape index (κ3) is 5.85. The summed E-state index contributed by atoms with van der Waals surface area (Å²) in [7, 11) is 0. The average molecular weight is 292 g/mol. The van der Waals surface area contributed by atoms with Crippen molar-refractivity contribution in [2.45, 2.75) is 39.7 Å². The molecule has 21 heavy (non-hydrogen) atoms. The van der Waals surface area contributed by atoms with Crippen molar-refractivity contribution in [2.24, 2.45) is 5.92 Å². The van der Waals surface area contributed by atoms with E-state index in [1.807, 2.05) is 20.8 Å². The third-order valence-corrected chi connectivity index (χ3v) is 2.89. The standard InChI is InChI=1S/C16H23NO4/c1-4-9-21-13-7-5-12(6-8-13)15(18)17-14(16(19)20)10-11(2)3/h5-8,11,14H,4,9-10H2,1-3H3,(H,17,18)(H,19,20)/p-1/t14-/m0/s1. The van der Waals surface area contributed by atoms with E-state index in [0.717, 1.165) is 6.42 Å². The number of amides is 1. The molecule has 5 nitrogen and oxygen atoms in total. The molecule has 0 aromatic heterocycles. The van der Waals surface area contributed by atoms with Crippen LogP contribution in [0, 0.1) is 5.92 Å². The van der Waals surface area contributed by atoms with Crippen LogP contribution in [0.4, 0.5) is 0 Å². The van der Waals surface area contributed by atoms with Gasteiger partial charge >= 0.3 is 0 Å². The smallest absolute Gasteiger partial charge is 0.251 e. The number of hydrogen-bond donors (Lipinski definition) is 1. The lowest BCUT2D eigenvalue weighted by atomic mass is 10.0. The fourth-order valence-electron chi connectivity index (χ4n) is 1.85. The van der Waals surface area contributed by atoms with Gasteiger partial charge in [-0.15, -0.1) is 0 Å². The lowest BCUT2D eigenvalue weighted by Crippen LogP contribution is -2.48. The van der Waals surface area contributed by atoms with E-state index in [9.17, 15) is 14.7 Å². The van der Waals surface area contributed by atoms with E-state index in [0.29, 0.717) is 24.3 Å². The molecule has 1 rings (SSSR count). The number of hydrogen-bond acceptors (Lipinski definition) is 4. The molecular weight excluding hydrogens is 270 g/mol. The van der Waals surface area contributed by atoms with Crippen LogP contribution in [0.2, 0.25) is 0 Å². The topological polar surface area (TPSA) is 78.5 Å². The Hall–Kier alpha value is -2.04. The number of nitrogens with one attached hydrogen (secondary N) is 1. The van der Waals surface area contributed by atoms with E-state index in [2.05, 4.69) is 5.32 Å². The zero-order valence-corrected chi connectivity index (χ0v) is 12.7. The van der Waals surface area contributed by atoms with E-state index >= 15 is 0 Å². The van der Waals surface area contributed by atoms with Crippen LogP contribution >= 0.6 is 0 Å². The Kier molecular flexibility index (Phi) is 6.72. The molecule has 1 atom stereocenters. The number of aliphatic carboxylic acids is 1. The van der Waals surface area contributed by atoms with Gasteiger partial charge in [0.1, 0.15) is 5.75 Å². The summed E-state index contributed by atoms with van der Waals surface area (Å²) in [5.41, 5.74) is 0.397. The molecule has 1 N–H and O–H groups in total. The van der Waals surface area contributed by atoms with E-state index < -0.39 is 17.9 Å². The lowest BCUT2D eigenvalue weighted by Gasteiger charge is -2.21. The van der Waals surface area contributed by atoms with Crippen LogP contribution in [0.3, 0.4) is 0 Å². The summed E-state index contributed by atoms with van der Waals surface area (Å²) in [5, 5.41) is 13.5. The number of carbonyl (C=O) groups is 2. The van der Waals surface area contributed by atoms with Crippen LogP contribution in [-0.4, -0.2) is 24.5 Å². The highest BCUT2D eigenvalue weighted by molar-refractivity contribution is 5.96. The Morgan fingerprint density at radius 1 is 1.24 bits per heavy atom. The Morgan fingerprint density at radius 3 is 2.33 bits per heavy atom. The summed E-state index contributed by atoms with van der Waals surface area (Å²) < 4.78 is 5.43. The van der Waals surface area contributed by atoms with Crippen molar-refractivity contribution in [3.05, 3.63) is 29.8 Å². The van der Waals surface area contributed by atoms with Gasteiger partial charge in [0.25, 0.3) is 5.91 Å². The van der Waals surface area contributed by atoms with Crippen molar-refractivity contribution in [3.8, 4) is 5.75 Å². The van der Waals surface area contributed by atoms with E-state index in [1.54, 1.807) is 24.3 Å². The molecular formula is C16H22NO4-. The third-order valence-electron chi connectivity index (χ3n) is 2.89. The van der Waals surface area contributed by atoms with Gasteiger partial charge in [0.15, 0.2) is 0 Å². The summed E-state index contributed by atoms with van der Waals surface area (Å²) in [6, 6.07) is 5.64. The van der Waals surface area contributed by atoms with Gasteiger partial charge in [-0.1, -0.05) is 20.8 Å². The second-order valence-corrected chi connectivity index (χ2v) is 5.35. The maximum absolute atomic E-state index is 12.0. The highest BCUT2D eigenvalue weighted by Gasteiger charge is 2.16. The quantitative estimate of drug-likeness (QED) is 0.785. The van der Waals surface area contributed by atoms with Crippen LogP contribution in [0.25, 0.3) is 0 Å². The molecule has 1 aromatic rings. The van der Waals surface area contributed by atoms with Gasteiger partial charge in [-0.25, -0.2) is 0 Å². The first-order chi connectivity index (χ1) is 9.93. The monoisotopic (exact) mass is 292 g/mol. The highest BCUT2D eigenvalue weighted by atomic mass is 16.5. The molecule has 0 saturated carbocycles. The normalized spacial score (nSPS) is 12.0. The Labute approximate surface area is 125 Å². The molecule has 0 radical (unpaired) electrons. The minimum absolute atomic E-state index is 0.151. The minimum atomic E-state index is -1.26. The summed E-state index contributed by atoms with van der Waals surface area (Å²) >= 11 is 0. The highest BCUT2D eigenvalue weighted by Crippen LogP contribution is 2.13. The van der Waals surface area contributed by atoms with E-state index in [4.69, 9.17) is 4.74 Å². The number of ether oxygens (including phenoxy) is 1. The molecule has 5 heteroatoms. The van der Waals surface area contributed by atoms with Crippen molar-refractivity contribution in [1.82, 2.24) is 5.32 Å². The first-order valence-electron chi connectivity index (χ1n) is 7.18. The molecule has 0 unspecified atom stereocenters. The molecule has 0 aliphatic rings. The Balaban J connectivity index is 2.67. The maximum atomic E-state index is 12.0. The number of carbonyl (C=O) groups excluding carboxylic acids is 2. The molecule has 1 aromatic carbocycles. The van der Waals surface area contributed by atoms with Crippen LogP contribution < -0.4 is 15.2 Å². The van der Waals surface area contributed by atoms with Crippen molar-refractivity contribution in [3.63, 3.8) is 0 Å². The molecule has 0 spiro atoms. The molecule has 0 aliphatic carbocycles. The molecule has 0 aliphatic heterocycles. The van der Waals surface area contributed by atoms with Crippen molar-refractivity contribution in [1.29, 1.82) is 0 Å². The molecule has 0 bridgehead atoms. The van der Waals surface area contributed by atoms with Crippen LogP contribution in [0.1, 0.15) is 44.0 Å². The second-order valence-electron chi connectivity index (χ2n) is 5.35. The van der Waals surface area contributed by atoms with Gasteiger partial charge in [-0.2, -0.15) is 0 Å². The molecule has 0 saturated heterocycles. The molecule has 1 amide bonds. The van der Waals surface area contributed by atoms with Gasteiger partial charge in [0.2, 0.25) is 0 Å². The SMILES string of the molecule is CCCOc1ccc(C(=O)N[C@@H](CC(C)C)C(=O)[O-])cc1. The number of benzene rings is 1. The summed E-state index contributed by atoms with van der Waals surface area (Å²) in [4.78, 5) is 23.1. The first-order valence-corrected chi connectivity index (χ1v) is 7.18. The predicted molar refractivity (Wildman–Crippen MR) is 77.9 cm³/mol. The summed E-state index contributed by atoms with van der Waals surface area (Å²) in [6.45, 7) is 6.41. The van der Waals surface area contributed by atoms with Crippen molar-refractivity contribution in [2.75, 3.05) is 6.61 Å². The number of carboxylic acid groups (broad SMARTS) is 1. The van der Waals surface area contributed by atoms with E-state index in [1.165, 1.54) is 0 Å². The van der Waals surface area contributed by atoms with Gasteiger partial charge in [-0.3, -0.25) is 4.79 Å². The van der Waals surface area contributed by atoms with Gasteiger partial charge < -0.3 is 20.0 Å². The fourth-order valence-corrected chi connectivity index (χ4v) is 1.85. The van der Waals surface area contributed by atoms with Gasteiger partial charge in [0.05, 0.1) is 18.6 Å². The minimum Gasteiger partial charge on any atom is -0.548 e. The maximum Gasteiger partial charge on any atom is 0.251 e. The van der Waals surface area contributed by atoms with Gasteiger partial charge in [-0.05, 0) is 43.0 Å². The number of rotatable bonds is 8. The van der Waals surface area contributed by atoms with E-state index in [-0.39, 0.29) is 5.92 Å². The molecule has 0 heterocycles. The number of carboxylic acids is 1. The average Bonchev–Trinajstić information content (AvgIpc) is 2.44. The van der Waals surface area contributed by atoms with Crippen molar-refractivity contribution >= 4 is 11.9 Å². The lowest BCUT2D eigenvalue weighted by molar-refractivity contribution is -0.308. The second kappa shape index (κ2) is 8.29. The van der Waals surface area contributed by atoms with Crippen LogP contribution in [0.15, 0.2) is 24.3 Å². The van der Waals surface area contributed by atoms with Crippen molar-refractivity contribution < 1.29 is 19.4 Å². The summed E-state index contributed by atoms with van der Waals surface area (Å²) in [6.07, 6.45) is 1.25. The van der Waals surface area contributed by atoms with Gasteiger partial charge in [0, 0.05) is 5.56 Å². The molecule has 116 valence electrons. The van der Waals surface area contributed by atoms with Crippen LogP contribution in [0.5, 0.6) is 5.75 Å². The molecule has 0 fully saturated rings. The largest absolute Gasteiger partial charge is 0.548 e.